The van der Waals surface area contributed by atoms with E-state index in [0.717, 1.165) is 5.69 Å². The van der Waals surface area contributed by atoms with Crippen LogP contribution in [0.25, 0.3) is 5.57 Å². The third-order valence-corrected chi connectivity index (χ3v) is 5.22. The molecule has 1 heterocycles. The van der Waals surface area contributed by atoms with E-state index in [9.17, 15) is 9.59 Å². The first-order chi connectivity index (χ1) is 15.5. The Morgan fingerprint density at radius 2 is 1.50 bits per heavy atom. The number of hydrogen-bond acceptors (Lipinski definition) is 5. The van der Waals surface area contributed by atoms with Gasteiger partial charge in [0, 0.05) is 19.8 Å². The number of hydrogen-bond donors (Lipinski definition) is 1. The second kappa shape index (κ2) is 8.98. The Morgan fingerprint density at radius 1 is 0.844 bits per heavy atom. The van der Waals surface area contributed by atoms with E-state index in [1.54, 1.807) is 12.1 Å². The zero-order chi connectivity index (χ0) is 22.7. The molecule has 4 rings (SSSR count). The van der Waals surface area contributed by atoms with Crippen molar-refractivity contribution < 1.29 is 14.3 Å². The molecule has 0 aliphatic carbocycles. The highest BCUT2D eigenvalue weighted by atomic mass is 16.5. The fourth-order valence-electron chi connectivity index (χ4n) is 3.64. The summed E-state index contributed by atoms with van der Waals surface area (Å²) in [7, 11) is 3.88. The molecule has 3 aromatic rings. The molecule has 0 bridgehead atoms. The number of anilines is 3. The summed E-state index contributed by atoms with van der Waals surface area (Å²) in [4.78, 5) is 30.2. The molecule has 0 spiro atoms. The van der Waals surface area contributed by atoms with E-state index in [0.29, 0.717) is 34.9 Å². The summed E-state index contributed by atoms with van der Waals surface area (Å²) in [5, 5.41) is 3.19. The zero-order valence-corrected chi connectivity index (χ0v) is 18.3. The van der Waals surface area contributed by atoms with Gasteiger partial charge >= 0.3 is 0 Å². The summed E-state index contributed by atoms with van der Waals surface area (Å²) in [6.45, 7) is 2.38. The molecule has 0 radical (unpaired) electrons. The molecule has 6 heteroatoms. The van der Waals surface area contributed by atoms with Crippen LogP contribution in [0.15, 0.2) is 84.6 Å². The van der Waals surface area contributed by atoms with Gasteiger partial charge in [-0.05, 0) is 48.9 Å². The quantitative estimate of drug-likeness (QED) is 0.561. The fraction of sp³-hybridized carbons (Fsp3) is 0.154. The van der Waals surface area contributed by atoms with Crippen LogP contribution in [0.5, 0.6) is 5.75 Å². The van der Waals surface area contributed by atoms with Gasteiger partial charge in [0.05, 0.1) is 23.6 Å². The normalized spacial score (nSPS) is 13.5. The monoisotopic (exact) mass is 427 g/mol. The van der Waals surface area contributed by atoms with Gasteiger partial charge in [0.2, 0.25) is 0 Å². The van der Waals surface area contributed by atoms with Crippen LogP contribution in [0.2, 0.25) is 0 Å². The summed E-state index contributed by atoms with van der Waals surface area (Å²) < 4.78 is 5.70. The van der Waals surface area contributed by atoms with E-state index in [1.165, 1.54) is 4.90 Å². The first-order valence-electron chi connectivity index (χ1n) is 10.5. The van der Waals surface area contributed by atoms with Gasteiger partial charge in [-0.2, -0.15) is 0 Å². The molecule has 6 nitrogen and oxygen atoms in total. The van der Waals surface area contributed by atoms with Gasteiger partial charge in [0.25, 0.3) is 11.8 Å². The van der Waals surface area contributed by atoms with Gasteiger partial charge in [0.15, 0.2) is 0 Å². The van der Waals surface area contributed by atoms with Crippen LogP contribution in [-0.4, -0.2) is 32.5 Å². The number of benzene rings is 3. The summed E-state index contributed by atoms with van der Waals surface area (Å²) in [5.74, 6) is -0.156. The molecule has 0 saturated heterocycles. The number of para-hydroxylation sites is 2. The molecule has 0 saturated carbocycles. The molecular weight excluding hydrogens is 402 g/mol. The molecule has 3 aromatic carbocycles. The minimum absolute atomic E-state index is 0.227. The minimum Gasteiger partial charge on any atom is -0.492 e. The topological polar surface area (TPSA) is 61.9 Å². The first kappa shape index (κ1) is 21.2. The second-order valence-corrected chi connectivity index (χ2v) is 7.53. The van der Waals surface area contributed by atoms with E-state index in [2.05, 4.69) is 5.32 Å². The Bertz CT molecular complexity index is 1170. The summed E-state index contributed by atoms with van der Waals surface area (Å²) in [6.07, 6.45) is 0. The van der Waals surface area contributed by atoms with Crippen LogP contribution in [-0.2, 0) is 9.59 Å². The number of imide groups is 1. The average Bonchev–Trinajstić information content (AvgIpc) is 3.05. The van der Waals surface area contributed by atoms with E-state index in [-0.39, 0.29) is 11.6 Å². The Kier molecular flexibility index (Phi) is 5.94. The van der Waals surface area contributed by atoms with Crippen LogP contribution in [0.1, 0.15) is 12.5 Å². The third kappa shape index (κ3) is 3.95. The van der Waals surface area contributed by atoms with Gasteiger partial charge in [0.1, 0.15) is 11.4 Å². The highest BCUT2D eigenvalue weighted by molar-refractivity contribution is 6.46. The lowest BCUT2D eigenvalue weighted by Crippen LogP contribution is -2.32. The number of carbonyl (C=O) groups excluding carboxylic acids is 2. The van der Waals surface area contributed by atoms with Crippen molar-refractivity contribution in [2.45, 2.75) is 6.92 Å². The van der Waals surface area contributed by atoms with Crippen molar-refractivity contribution in [3.63, 3.8) is 0 Å². The SMILES string of the molecule is CCOc1ccccc1NC1=C(c2ccccc2)C(=O)N(c2ccc(N(C)C)cc2)C1=O. The highest BCUT2D eigenvalue weighted by Crippen LogP contribution is 2.36. The van der Waals surface area contributed by atoms with Crippen molar-refractivity contribution in [2.24, 2.45) is 0 Å². The Hall–Kier alpha value is -4.06. The molecule has 0 unspecified atom stereocenters. The first-order valence-corrected chi connectivity index (χ1v) is 10.5. The maximum atomic E-state index is 13.5. The van der Waals surface area contributed by atoms with E-state index >= 15 is 0 Å². The molecule has 1 aliphatic heterocycles. The average molecular weight is 428 g/mol. The molecule has 2 amide bonds. The summed E-state index contributed by atoms with van der Waals surface area (Å²) in [5.41, 5.74) is 3.36. The zero-order valence-electron chi connectivity index (χ0n) is 18.3. The third-order valence-electron chi connectivity index (χ3n) is 5.22. The van der Waals surface area contributed by atoms with Crippen molar-refractivity contribution in [1.29, 1.82) is 0 Å². The largest absolute Gasteiger partial charge is 0.492 e. The molecule has 1 N–H and O–H groups in total. The number of nitrogens with one attached hydrogen (secondary N) is 1. The lowest BCUT2D eigenvalue weighted by molar-refractivity contribution is -0.120. The number of nitrogens with zero attached hydrogens (tertiary/aromatic N) is 2. The van der Waals surface area contributed by atoms with Gasteiger partial charge in [-0.25, -0.2) is 4.90 Å². The van der Waals surface area contributed by atoms with Gasteiger partial charge in [-0.3, -0.25) is 9.59 Å². The molecular formula is C26H25N3O3. The van der Waals surface area contributed by atoms with E-state index in [4.69, 9.17) is 4.74 Å². The number of rotatable bonds is 7. The lowest BCUT2D eigenvalue weighted by atomic mass is 10.0. The van der Waals surface area contributed by atoms with Crippen molar-refractivity contribution >= 4 is 34.4 Å². The molecule has 162 valence electrons. The van der Waals surface area contributed by atoms with E-state index < -0.39 is 5.91 Å². The van der Waals surface area contributed by atoms with Gasteiger partial charge in [-0.1, -0.05) is 42.5 Å². The highest BCUT2D eigenvalue weighted by Gasteiger charge is 2.40. The summed E-state index contributed by atoms with van der Waals surface area (Å²) >= 11 is 0. The molecule has 1 aliphatic rings. The van der Waals surface area contributed by atoms with Crippen molar-refractivity contribution in [3.8, 4) is 5.75 Å². The number of carbonyl (C=O) groups is 2. The van der Waals surface area contributed by atoms with Crippen molar-refractivity contribution in [1.82, 2.24) is 0 Å². The minimum atomic E-state index is -0.405. The summed E-state index contributed by atoms with van der Waals surface area (Å²) in [6, 6.07) is 23.9. The fourth-order valence-corrected chi connectivity index (χ4v) is 3.64. The maximum Gasteiger partial charge on any atom is 0.282 e. The Labute approximate surface area is 187 Å². The number of amides is 2. The second-order valence-electron chi connectivity index (χ2n) is 7.53. The molecule has 0 atom stereocenters. The van der Waals surface area contributed by atoms with Crippen LogP contribution in [0.3, 0.4) is 0 Å². The standard InChI is InChI=1S/C26H25N3O3/c1-4-32-22-13-9-8-12-21(22)27-24-23(18-10-6-5-7-11-18)25(30)29(26(24)31)20-16-14-19(15-17-20)28(2)3/h5-17,27H,4H2,1-3H3. The lowest BCUT2D eigenvalue weighted by Gasteiger charge is -2.18. The molecule has 0 aromatic heterocycles. The van der Waals surface area contributed by atoms with Crippen LogP contribution in [0, 0.1) is 0 Å². The smallest absolute Gasteiger partial charge is 0.282 e. The Balaban J connectivity index is 1.78. The van der Waals surface area contributed by atoms with E-state index in [1.807, 2.05) is 92.6 Å². The van der Waals surface area contributed by atoms with Gasteiger partial charge < -0.3 is 15.0 Å². The predicted molar refractivity (Wildman–Crippen MR) is 128 cm³/mol. The molecule has 32 heavy (non-hydrogen) atoms. The van der Waals surface area contributed by atoms with Gasteiger partial charge in [-0.15, -0.1) is 0 Å². The van der Waals surface area contributed by atoms with Crippen molar-refractivity contribution in [3.05, 3.63) is 90.1 Å². The maximum absolute atomic E-state index is 13.5. The Morgan fingerprint density at radius 3 is 2.16 bits per heavy atom. The predicted octanol–water partition coefficient (Wildman–Crippen LogP) is 4.55. The number of ether oxygens (including phenoxy) is 1. The van der Waals surface area contributed by atoms with Crippen LogP contribution in [0.4, 0.5) is 17.1 Å². The molecule has 0 fully saturated rings. The van der Waals surface area contributed by atoms with Crippen LogP contribution >= 0.6 is 0 Å². The van der Waals surface area contributed by atoms with Crippen LogP contribution < -0.4 is 19.9 Å². The van der Waals surface area contributed by atoms with Crippen molar-refractivity contribution in [2.75, 3.05) is 35.8 Å².